The number of fused-ring (bicyclic) bond motifs is 1. The van der Waals surface area contributed by atoms with Crippen LogP contribution in [0.15, 0.2) is 58.3 Å². The van der Waals surface area contributed by atoms with Crippen molar-refractivity contribution in [1.82, 2.24) is 9.71 Å². The van der Waals surface area contributed by atoms with Crippen LogP contribution in [0.25, 0.3) is 11.3 Å². The van der Waals surface area contributed by atoms with Crippen LogP contribution in [0.2, 0.25) is 0 Å². The van der Waals surface area contributed by atoms with Crippen LogP contribution in [0, 0.1) is 0 Å². The van der Waals surface area contributed by atoms with E-state index < -0.39 is 10.0 Å². The monoisotopic (exact) mass is 388 g/mol. The Hall–Kier alpha value is -2.42. The molecule has 0 unspecified atom stereocenters. The van der Waals surface area contributed by atoms with E-state index in [0.717, 1.165) is 16.8 Å². The third-order valence-corrected chi connectivity index (χ3v) is 6.01. The van der Waals surface area contributed by atoms with E-state index in [1.807, 2.05) is 22.9 Å². The maximum Gasteiger partial charge on any atom is 0.241 e. The quantitative estimate of drug-likeness (QED) is 0.727. The number of nitrogens with zero attached hydrogens (tertiary/aromatic N) is 1. The number of sulfonamides is 1. The van der Waals surface area contributed by atoms with Gasteiger partial charge in [0.2, 0.25) is 10.0 Å². The number of nitrogens with one attached hydrogen (secondary N) is 1. The number of pyridine rings is 1. The Kier molecular flexibility index (Phi) is 4.62. The van der Waals surface area contributed by atoms with Gasteiger partial charge in [-0.05, 0) is 41.3 Å². The predicted molar refractivity (Wildman–Crippen MR) is 99.0 cm³/mol. The molecule has 3 heterocycles. The molecule has 0 saturated carbocycles. The minimum atomic E-state index is -3.66. The average molecular weight is 388 g/mol. The molecule has 0 saturated heterocycles. The molecule has 0 fully saturated rings. The van der Waals surface area contributed by atoms with Crippen LogP contribution in [0.1, 0.15) is 5.56 Å². The number of benzene rings is 1. The molecule has 1 aliphatic rings. The third kappa shape index (κ3) is 3.57. The van der Waals surface area contributed by atoms with Crippen LogP contribution in [-0.2, 0) is 16.6 Å². The van der Waals surface area contributed by atoms with E-state index in [-0.39, 0.29) is 11.4 Å². The second kappa shape index (κ2) is 7.06. The van der Waals surface area contributed by atoms with Crippen molar-refractivity contribution in [3.05, 3.63) is 58.9 Å². The third-order valence-electron chi connectivity index (χ3n) is 3.93. The van der Waals surface area contributed by atoms with Crippen molar-refractivity contribution in [2.24, 2.45) is 0 Å². The second-order valence-corrected chi connectivity index (χ2v) is 8.24. The van der Waals surface area contributed by atoms with Gasteiger partial charge in [0.05, 0.1) is 10.6 Å². The van der Waals surface area contributed by atoms with Gasteiger partial charge in [-0.25, -0.2) is 13.1 Å². The molecule has 4 rings (SSSR count). The summed E-state index contributed by atoms with van der Waals surface area (Å²) in [7, 11) is -3.66. The zero-order valence-electron chi connectivity index (χ0n) is 13.7. The van der Waals surface area contributed by atoms with Crippen LogP contribution in [-0.4, -0.2) is 26.6 Å². The van der Waals surface area contributed by atoms with E-state index in [4.69, 9.17) is 9.47 Å². The van der Waals surface area contributed by atoms with E-state index in [1.54, 1.807) is 29.7 Å². The highest BCUT2D eigenvalue weighted by atomic mass is 32.2. The molecular weight excluding hydrogens is 372 g/mol. The molecule has 2 aromatic heterocycles. The van der Waals surface area contributed by atoms with Gasteiger partial charge in [0.15, 0.2) is 11.5 Å². The van der Waals surface area contributed by atoms with Gasteiger partial charge in [0, 0.05) is 29.8 Å². The Labute approximate surface area is 155 Å². The molecule has 0 spiro atoms. The van der Waals surface area contributed by atoms with Gasteiger partial charge in [0.25, 0.3) is 0 Å². The highest BCUT2D eigenvalue weighted by Gasteiger charge is 2.19. The SMILES string of the molecule is O=S(=O)(NCc1ccnc(-c2ccsc2)c1)c1ccc2c(c1)OCCO2. The number of thiophene rings is 1. The summed E-state index contributed by atoms with van der Waals surface area (Å²) >= 11 is 1.59. The smallest absolute Gasteiger partial charge is 0.241 e. The molecule has 26 heavy (non-hydrogen) atoms. The predicted octanol–water partition coefficient (Wildman–Crippen LogP) is 3.06. The summed E-state index contributed by atoms with van der Waals surface area (Å²) in [4.78, 5) is 4.48. The number of ether oxygens (including phenoxy) is 2. The molecule has 134 valence electrons. The first-order chi connectivity index (χ1) is 12.6. The van der Waals surface area contributed by atoms with Crippen LogP contribution in [0.4, 0.5) is 0 Å². The summed E-state index contributed by atoms with van der Waals surface area (Å²) in [6.45, 7) is 1.05. The van der Waals surface area contributed by atoms with Crippen molar-refractivity contribution in [2.75, 3.05) is 13.2 Å². The first kappa shape index (κ1) is 17.0. The molecular formula is C18H16N2O4S2. The van der Waals surface area contributed by atoms with Crippen LogP contribution in [0.5, 0.6) is 11.5 Å². The first-order valence-electron chi connectivity index (χ1n) is 7.99. The molecule has 3 aromatic rings. The van der Waals surface area contributed by atoms with E-state index in [1.165, 1.54) is 12.1 Å². The molecule has 8 heteroatoms. The minimum absolute atomic E-state index is 0.147. The van der Waals surface area contributed by atoms with Gasteiger partial charge in [-0.1, -0.05) is 0 Å². The number of rotatable bonds is 5. The zero-order chi connectivity index (χ0) is 18.0. The average Bonchev–Trinajstić information content (AvgIpc) is 3.21. The van der Waals surface area contributed by atoms with Crippen molar-refractivity contribution in [3.63, 3.8) is 0 Å². The fourth-order valence-electron chi connectivity index (χ4n) is 2.60. The normalized spacial score (nSPS) is 13.5. The molecule has 0 amide bonds. The van der Waals surface area contributed by atoms with Crippen molar-refractivity contribution >= 4 is 21.4 Å². The van der Waals surface area contributed by atoms with Crippen molar-refractivity contribution in [3.8, 4) is 22.8 Å². The van der Waals surface area contributed by atoms with Crippen molar-refractivity contribution < 1.29 is 17.9 Å². The van der Waals surface area contributed by atoms with Crippen molar-refractivity contribution in [1.29, 1.82) is 0 Å². The van der Waals surface area contributed by atoms with Gasteiger partial charge in [-0.2, -0.15) is 11.3 Å². The lowest BCUT2D eigenvalue weighted by Gasteiger charge is -2.19. The molecule has 1 N–H and O–H groups in total. The molecule has 1 aliphatic heterocycles. The van der Waals surface area contributed by atoms with E-state index in [2.05, 4.69) is 9.71 Å². The van der Waals surface area contributed by atoms with Gasteiger partial charge in [-0.3, -0.25) is 4.98 Å². The summed E-state index contributed by atoms with van der Waals surface area (Å²) in [5.41, 5.74) is 2.68. The van der Waals surface area contributed by atoms with Crippen LogP contribution >= 0.6 is 11.3 Å². The zero-order valence-corrected chi connectivity index (χ0v) is 15.3. The summed E-state index contributed by atoms with van der Waals surface area (Å²) in [6.07, 6.45) is 1.68. The maximum absolute atomic E-state index is 12.6. The van der Waals surface area contributed by atoms with E-state index in [9.17, 15) is 8.42 Å². The lowest BCUT2D eigenvalue weighted by molar-refractivity contribution is 0.171. The largest absolute Gasteiger partial charge is 0.486 e. The van der Waals surface area contributed by atoms with Gasteiger partial charge < -0.3 is 9.47 Å². The van der Waals surface area contributed by atoms with Gasteiger partial charge >= 0.3 is 0 Å². The van der Waals surface area contributed by atoms with Crippen molar-refractivity contribution in [2.45, 2.75) is 11.4 Å². The van der Waals surface area contributed by atoms with E-state index >= 15 is 0 Å². The minimum Gasteiger partial charge on any atom is -0.486 e. The highest BCUT2D eigenvalue weighted by molar-refractivity contribution is 7.89. The van der Waals surface area contributed by atoms with Crippen LogP contribution in [0.3, 0.4) is 0 Å². The lowest BCUT2D eigenvalue weighted by atomic mass is 10.1. The molecule has 0 aliphatic carbocycles. The first-order valence-corrected chi connectivity index (χ1v) is 10.4. The number of hydrogen-bond donors (Lipinski definition) is 1. The lowest BCUT2D eigenvalue weighted by Crippen LogP contribution is -2.24. The van der Waals surface area contributed by atoms with E-state index in [0.29, 0.717) is 24.7 Å². The molecule has 6 nitrogen and oxygen atoms in total. The second-order valence-electron chi connectivity index (χ2n) is 5.69. The maximum atomic E-state index is 12.6. The van der Waals surface area contributed by atoms with Gasteiger partial charge in [-0.15, -0.1) is 0 Å². The topological polar surface area (TPSA) is 77.5 Å². The standard InChI is InChI=1S/C18H16N2O4S2/c21-26(22,15-1-2-17-18(10-15)24-7-6-23-17)20-11-13-3-5-19-16(9-13)14-4-8-25-12-14/h1-5,8-10,12,20H,6-7,11H2. The Morgan fingerprint density at radius 3 is 2.73 bits per heavy atom. The molecule has 0 bridgehead atoms. The summed E-state index contributed by atoms with van der Waals surface area (Å²) in [6, 6.07) is 10.3. The summed E-state index contributed by atoms with van der Waals surface area (Å²) < 4.78 is 38.7. The highest BCUT2D eigenvalue weighted by Crippen LogP contribution is 2.32. The summed E-state index contributed by atoms with van der Waals surface area (Å²) in [5, 5.41) is 3.99. The Bertz CT molecular complexity index is 1020. The number of aromatic nitrogens is 1. The molecule has 0 atom stereocenters. The Balaban J connectivity index is 1.51. The Morgan fingerprint density at radius 2 is 1.92 bits per heavy atom. The molecule has 1 aromatic carbocycles. The van der Waals surface area contributed by atoms with Crippen LogP contribution < -0.4 is 14.2 Å². The fraction of sp³-hybridized carbons (Fsp3) is 0.167. The van der Waals surface area contributed by atoms with Gasteiger partial charge in [0.1, 0.15) is 13.2 Å². The fourth-order valence-corrected chi connectivity index (χ4v) is 4.29. The molecule has 0 radical (unpaired) electrons. The number of hydrogen-bond acceptors (Lipinski definition) is 6. The summed E-state index contributed by atoms with van der Waals surface area (Å²) in [5.74, 6) is 1.01. The Morgan fingerprint density at radius 1 is 1.08 bits per heavy atom.